The highest BCUT2D eigenvalue weighted by atomic mass is 14.6. The monoisotopic (exact) mass is 159 g/mol. The van der Waals surface area contributed by atoms with Crippen molar-refractivity contribution in [3.05, 3.63) is 28.9 Å². The van der Waals surface area contributed by atoms with Gasteiger partial charge in [-0.25, -0.2) is 0 Å². The molecule has 0 fully saturated rings. The Hall–Kier alpha value is -1.11. The van der Waals surface area contributed by atoms with Crippen molar-refractivity contribution in [2.75, 3.05) is 0 Å². The van der Waals surface area contributed by atoms with Crippen LogP contribution in [0.2, 0.25) is 0 Å². The zero-order valence-electron chi connectivity index (χ0n) is 7.54. The zero-order valence-corrected chi connectivity index (χ0v) is 7.54. The normalized spacial score (nSPS) is 21.5. The molecule has 12 heavy (non-hydrogen) atoms. The highest BCUT2D eigenvalue weighted by Crippen LogP contribution is 2.15. The summed E-state index contributed by atoms with van der Waals surface area (Å²) in [6, 6.07) is 2.11. The van der Waals surface area contributed by atoms with Crippen molar-refractivity contribution in [3.63, 3.8) is 0 Å². The van der Waals surface area contributed by atoms with E-state index in [2.05, 4.69) is 31.0 Å². The van der Waals surface area contributed by atoms with Crippen molar-refractivity contribution in [1.82, 2.24) is 4.98 Å². The molecule has 0 amide bonds. The zero-order chi connectivity index (χ0) is 8.55. The molecule has 1 aromatic heterocycles. The van der Waals surface area contributed by atoms with E-state index in [1.165, 1.54) is 16.0 Å². The molecule has 62 valence electrons. The lowest BCUT2D eigenvalue weighted by atomic mass is 9.92. The SMILES string of the molecule is CC1=c2ccncc2=CC[C@H]1C. The molecule has 1 nitrogen and oxygen atoms in total. The van der Waals surface area contributed by atoms with Crippen LogP contribution in [0.4, 0.5) is 0 Å². The van der Waals surface area contributed by atoms with Gasteiger partial charge >= 0.3 is 0 Å². The second-order valence-electron chi connectivity index (χ2n) is 3.49. The number of nitrogens with zero attached hydrogens (tertiary/aromatic N) is 1. The van der Waals surface area contributed by atoms with E-state index >= 15 is 0 Å². The Morgan fingerprint density at radius 1 is 1.50 bits per heavy atom. The molecular formula is C11H13N. The fraction of sp³-hybridized carbons (Fsp3) is 0.364. The van der Waals surface area contributed by atoms with Crippen molar-refractivity contribution < 1.29 is 0 Å². The van der Waals surface area contributed by atoms with Gasteiger partial charge < -0.3 is 0 Å². The molecule has 0 radical (unpaired) electrons. The molecule has 0 saturated heterocycles. The van der Waals surface area contributed by atoms with Crippen LogP contribution in [-0.2, 0) is 0 Å². The average molecular weight is 159 g/mol. The topological polar surface area (TPSA) is 12.9 Å². The van der Waals surface area contributed by atoms with Gasteiger partial charge in [-0.1, -0.05) is 18.6 Å². The molecule has 1 heterocycles. The van der Waals surface area contributed by atoms with E-state index in [1.807, 2.05) is 12.4 Å². The lowest BCUT2D eigenvalue weighted by molar-refractivity contribution is 0.766. The van der Waals surface area contributed by atoms with Crippen molar-refractivity contribution in [2.24, 2.45) is 5.92 Å². The van der Waals surface area contributed by atoms with Crippen molar-refractivity contribution in [3.8, 4) is 0 Å². The predicted molar refractivity (Wildman–Crippen MR) is 50.8 cm³/mol. The maximum atomic E-state index is 4.11. The molecule has 1 aliphatic carbocycles. The summed E-state index contributed by atoms with van der Waals surface area (Å²) in [6.07, 6.45) is 7.25. The summed E-state index contributed by atoms with van der Waals surface area (Å²) in [6.45, 7) is 4.49. The van der Waals surface area contributed by atoms with Crippen LogP contribution < -0.4 is 10.4 Å². The number of hydrogen-bond acceptors (Lipinski definition) is 1. The Kier molecular flexibility index (Phi) is 1.72. The van der Waals surface area contributed by atoms with E-state index in [9.17, 15) is 0 Å². The van der Waals surface area contributed by atoms with E-state index < -0.39 is 0 Å². The molecule has 0 saturated carbocycles. The summed E-state index contributed by atoms with van der Waals surface area (Å²) < 4.78 is 0. The van der Waals surface area contributed by atoms with Crippen LogP contribution >= 0.6 is 0 Å². The van der Waals surface area contributed by atoms with E-state index in [0.29, 0.717) is 5.92 Å². The molecule has 0 N–H and O–H groups in total. The Morgan fingerprint density at radius 2 is 2.33 bits per heavy atom. The summed E-state index contributed by atoms with van der Waals surface area (Å²) in [5.41, 5.74) is 1.50. The number of pyridine rings is 1. The Bertz CT molecular complexity index is 403. The molecule has 1 aromatic rings. The molecule has 0 bridgehead atoms. The molecule has 0 aromatic carbocycles. The molecule has 0 unspecified atom stereocenters. The van der Waals surface area contributed by atoms with Crippen LogP contribution in [0.5, 0.6) is 0 Å². The number of rotatable bonds is 0. The maximum Gasteiger partial charge on any atom is 0.0343 e. The van der Waals surface area contributed by atoms with Crippen molar-refractivity contribution >= 4 is 11.6 Å². The summed E-state index contributed by atoms with van der Waals surface area (Å²) in [5, 5.41) is 2.68. The lowest BCUT2D eigenvalue weighted by Crippen LogP contribution is -2.31. The summed E-state index contributed by atoms with van der Waals surface area (Å²) in [4.78, 5) is 4.11. The largest absolute Gasteiger partial charge is 0.264 e. The van der Waals surface area contributed by atoms with Crippen LogP contribution in [0.1, 0.15) is 20.3 Å². The van der Waals surface area contributed by atoms with E-state index in [4.69, 9.17) is 0 Å². The van der Waals surface area contributed by atoms with Gasteiger partial charge in [-0.15, -0.1) is 0 Å². The Morgan fingerprint density at radius 3 is 3.17 bits per heavy atom. The second kappa shape index (κ2) is 2.74. The van der Waals surface area contributed by atoms with Gasteiger partial charge in [-0.05, 0) is 35.8 Å². The smallest absolute Gasteiger partial charge is 0.0343 e. The number of hydrogen-bond donors (Lipinski definition) is 0. The van der Waals surface area contributed by atoms with Crippen LogP contribution in [0.15, 0.2) is 18.5 Å². The fourth-order valence-corrected chi connectivity index (χ4v) is 1.67. The average Bonchev–Trinajstić information content (AvgIpc) is 2.12. The summed E-state index contributed by atoms with van der Waals surface area (Å²) >= 11 is 0. The second-order valence-corrected chi connectivity index (χ2v) is 3.49. The van der Waals surface area contributed by atoms with E-state index in [-0.39, 0.29) is 0 Å². The minimum absolute atomic E-state index is 0.694. The van der Waals surface area contributed by atoms with Crippen LogP contribution in [0.25, 0.3) is 11.6 Å². The van der Waals surface area contributed by atoms with Crippen LogP contribution in [0, 0.1) is 5.92 Å². The molecule has 1 heteroatoms. The third-order valence-corrected chi connectivity index (χ3v) is 2.71. The standard InChI is InChI=1S/C11H13N/c1-8-3-4-10-7-12-6-5-11(10)9(8)2/h4-8H,3H2,1-2H3/t8-/m1/s1. The first-order chi connectivity index (χ1) is 5.79. The molecular weight excluding hydrogens is 146 g/mol. The molecule has 0 spiro atoms. The maximum absolute atomic E-state index is 4.11. The highest BCUT2D eigenvalue weighted by Gasteiger charge is 2.07. The van der Waals surface area contributed by atoms with Gasteiger partial charge in [0.15, 0.2) is 0 Å². The van der Waals surface area contributed by atoms with E-state index in [0.717, 1.165) is 6.42 Å². The highest BCUT2D eigenvalue weighted by molar-refractivity contribution is 5.50. The van der Waals surface area contributed by atoms with Crippen LogP contribution in [0.3, 0.4) is 0 Å². The number of aromatic nitrogens is 1. The van der Waals surface area contributed by atoms with Gasteiger partial charge in [0.25, 0.3) is 0 Å². The Labute approximate surface area is 72.5 Å². The predicted octanol–water partition coefficient (Wildman–Crippen LogP) is 1.07. The first kappa shape index (κ1) is 7.53. The lowest BCUT2D eigenvalue weighted by Gasteiger charge is -2.13. The van der Waals surface area contributed by atoms with Gasteiger partial charge in [-0.3, -0.25) is 4.98 Å². The fourth-order valence-electron chi connectivity index (χ4n) is 1.67. The molecule has 0 aliphatic heterocycles. The van der Waals surface area contributed by atoms with Gasteiger partial charge in [0.2, 0.25) is 0 Å². The van der Waals surface area contributed by atoms with Gasteiger partial charge in [0.1, 0.15) is 0 Å². The molecule has 1 aliphatic rings. The third-order valence-electron chi connectivity index (χ3n) is 2.71. The molecule has 1 atom stereocenters. The number of fused-ring (bicyclic) bond motifs is 1. The van der Waals surface area contributed by atoms with Gasteiger partial charge in [0, 0.05) is 12.4 Å². The van der Waals surface area contributed by atoms with E-state index in [1.54, 1.807) is 0 Å². The molecule has 2 rings (SSSR count). The summed E-state index contributed by atoms with van der Waals surface area (Å²) in [7, 11) is 0. The van der Waals surface area contributed by atoms with Crippen molar-refractivity contribution in [1.29, 1.82) is 0 Å². The third kappa shape index (κ3) is 1.06. The van der Waals surface area contributed by atoms with Gasteiger partial charge in [-0.2, -0.15) is 0 Å². The Balaban J connectivity index is 2.83. The minimum atomic E-state index is 0.694. The first-order valence-corrected chi connectivity index (χ1v) is 4.40. The first-order valence-electron chi connectivity index (χ1n) is 4.40. The quantitative estimate of drug-likeness (QED) is 0.552. The summed E-state index contributed by atoms with van der Waals surface area (Å²) in [5.74, 6) is 0.694. The minimum Gasteiger partial charge on any atom is -0.264 e. The van der Waals surface area contributed by atoms with Crippen molar-refractivity contribution in [2.45, 2.75) is 20.3 Å². The van der Waals surface area contributed by atoms with Gasteiger partial charge in [0.05, 0.1) is 0 Å². The van der Waals surface area contributed by atoms with Crippen LogP contribution in [-0.4, -0.2) is 4.98 Å².